The third kappa shape index (κ3) is 4.20. The number of benzene rings is 1. The van der Waals surface area contributed by atoms with Crippen LogP contribution in [-0.4, -0.2) is 0 Å². The Labute approximate surface area is 182 Å². The van der Waals surface area contributed by atoms with Crippen LogP contribution in [0.15, 0.2) is 40.7 Å². The summed E-state index contributed by atoms with van der Waals surface area (Å²) in [6.07, 6.45) is 14.4. The fraction of sp³-hybridized carbons (Fsp3) is 0.630. The van der Waals surface area contributed by atoms with E-state index in [1.807, 2.05) is 11.8 Å². The minimum atomic E-state index is 0.588. The minimum Gasteiger partial charge on any atom is -0.399 e. The third-order valence-electron chi connectivity index (χ3n) is 8.46. The highest BCUT2D eigenvalue weighted by Crippen LogP contribution is 2.63. The monoisotopic (exact) mass is 409 g/mol. The lowest BCUT2D eigenvalue weighted by molar-refractivity contribution is 0.0322. The quantitative estimate of drug-likeness (QED) is 0.480. The van der Waals surface area contributed by atoms with Crippen LogP contribution in [0.1, 0.15) is 89.2 Å². The van der Waals surface area contributed by atoms with Crippen LogP contribution in [0.25, 0.3) is 0 Å². The van der Waals surface area contributed by atoms with Crippen molar-refractivity contribution >= 4 is 17.4 Å². The van der Waals surface area contributed by atoms with Gasteiger partial charge in [-0.3, -0.25) is 0 Å². The van der Waals surface area contributed by atoms with E-state index in [4.69, 9.17) is 5.73 Å². The minimum absolute atomic E-state index is 0.588. The van der Waals surface area contributed by atoms with Crippen molar-refractivity contribution in [1.29, 1.82) is 0 Å². The number of nitrogen functional groups attached to an aromatic ring is 1. The highest BCUT2D eigenvalue weighted by molar-refractivity contribution is 8.06. The van der Waals surface area contributed by atoms with Gasteiger partial charge in [0.2, 0.25) is 0 Å². The second-order valence-electron chi connectivity index (χ2n) is 10.2. The molecule has 4 rings (SSSR count). The maximum Gasteiger partial charge on any atom is 0.0316 e. The first-order chi connectivity index (χ1) is 13.9. The first-order valence-corrected chi connectivity index (χ1v) is 12.6. The molecular formula is C27H39NS. The van der Waals surface area contributed by atoms with E-state index in [9.17, 15) is 0 Å². The molecule has 2 saturated carbocycles. The fourth-order valence-electron chi connectivity index (χ4n) is 7.05. The van der Waals surface area contributed by atoms with E-state index >= 15 is 0 Å². The number of nitrogens with two attached hydrogens (primary N) is 1. The van der Waals surface area contributed by atoms with E-state index in [0.29, 0.717) is 5.41 Å². The average Bonchev–Trinajstić information content (AvgIpc) is 3.04. The van der Waals surface area contributed by atoms with Crippen LogP contribution >= 0.6 is 11.8 Å². The second-order valence-corrected chi connectivity index (χ2v) is 11.6. The Bertz CT molecular complexity index is 794. The van der Waals surface area contributed by atoms with Gasteiger partial charge in [-0.25, -0.2) is 0 Å². The van der Waals surface area contributed by atoms with Gasteiger partial charge in [0.1, 0.15) is 0 Å². The largest absolute Gasteiger partial charge is 0.399 e. The highest BCUT2D eigenvalue weighted by atomic mass is 32.2. The first kappa shape index (κ1) is 21.1. The molecule has 2 heteroatoms. The molecule has 5 atom stereocenters. The van der Waals surface area contributed by atoms with Gasteiger partial charge in [-0.1, -0.05) is 25.6 Å². The number of anilines is 1. The Morgan fingerprint density at radius 3 is 2.86 bits per heavy atom. The summed E-state index contributed by atoms with van der Waals surface area (Å²) < 4.78 is 0. The van der Waals surface area contributed by atoms with Crippen molar-refractivity contribution in [2.24, 2.45) is 23.2 Å². The molecule has 29 heavy (non-hydrogen) atoms. The molecular weight excluding hydrogens is 370 g/mol. The zero-order chi connectivity index (χ0) is 20.6. The summed E-state index contributed by atoms with van der Waals surface area (Å²) in [5.41, 5.74) is 10.8. The van der Waals surface area contributed by atoms with Gasteiger partial charge in [-0.15, -0.1) is 11.8 Å². The standard InChI is InChI=1S/C27H39NS/c1-5-18(2)29-19(3)7-6-8-20-13-15-27(4)16-14-24-23-12-10-22(28)17-21(23)9-11-25(24)26(20)27/h5,10,12,17,20,24-26H,3,6-9,11,13-16,28H2,1-2,4H3/b18-5-. The lowest BCUT2D eigenvalue weighted by Crippen LogP contribution is -2.42. The molecule has 0 heterocycles. The lowest BCUT2D eigenvalue weighted by Gasteiger charge is -2.51. The maximum absolute atomic E-state index is 6.08. The van der Waals surface area contributed by atoms with E-state index in [1.54, 1.807) is 5.56 Å². The molecule has 0 radical (unpaired) electrons. The predicted octanol–water partition coefficient (Wildman–Crippen LogP) is 8.08. The topological polar surface area (TPSA) is 26.0 Å². The average molecular weight is 410 g/mol. The molecule has 0 saturated heterocycles. The van der Waals surface area contributed by atoms with E-state index in [0.717, 1.165) is 29.4 Å². The van der Waals surface area contributed by atoms with Crippen molar-refractivity contribution in [2.75, 3.05) is 5.73 Å². The van der Waals surface area contributed by atoms with Gasteiger partial charge in [0.05, 0.1) is 0 Å². The molecule has 1 aromatic carbocycles. The Morgan fingerprint density at radius 1 is 1.28 bits per heavy atom. The summed E-state index contributed by atoms with van der Waals surface area (Å²) in [5.74, 6) is 3.51. The van der Waals surface area contributed by atoms with Crippen LogP contribution in [0.3, 0.4) is 0 Å². The molecule has 2 N–H and O–H groups in total. The van der Waals surface area contributed by atoms with Gasteiger partial charge >= 0.3 is 0 Å². The van der Waals surface area contributed by atoms with Gasteiger partial charge in [0.15, 0.2) is 0 Å². The molecule has 158 valence electrons. The van der Waals surface area contributed by atoms with Crippen LogP contribution in [0.2, 0.25) is 0 Å². The van der Waals surface area contributed by atoms with Crippen LogP contribution < -0.4 is 5.73 Å². The van der Waals surface area contributed by atoms with E-state index < -0.39 is 0 Å². The van der Waals surface area contributed by atoms with Crippen LogP contribution in [-0.2, 0) is 6.42 Å². The number of rotatable bonds is 6. The molecule has 2 fully saturated rings. The number of allylic oxidation sites excluding steroid dienone is 3. The van der Waals surface area contributed by atoms with E-state index in [-0.39, 0.29) is 0 Å². The fourth-order valence-corrected chi connectivity index (χ4v) is 7.87. The second kappa shape index (κ2) is 8.53. The Hall–Kier alpha value is -1.15. The van der Waals surface area contributed by atoms with Gasteiger partial charge in [0, 0.05) is 5.69 Å². The Kier molecular flexibility index (Phi) is 6.21. The molecule has 1 nitrogen and oxygen atoms in total. The summed E-state index contributed by atoms with van der Waals surface area (Å²) >= 11 is 1.87. The lowest BCUT2D eigenvalue weighted by atomic mass is 9.54. The summed E-state index contributed by atoms with van der Waals surface area (Å²) in [4.78, 5) is 2.71. The SMILES string of the molecule is C=C(CCCC1CCC2(C)CCC3c4ccc(N)cc4CCC3C12)S/C(C)=C\C. The zero-order valence-corrected chi connectivity index (χ0v) is 19.5. The normalized spacial score (nSPS) is 33.7. The van der Waals surface area contributed by atoms with Gasteiger partial charge in [0.25, 0.3) is 0 Å². The Morgan fingerprint density at radius 2 is 2.07 bits per heavy atom. The zero-order valence-electron chi connectivity index (χ0n) is 18.7. The number of hydrogen-bond acceptors (Lipinski definition) is 2. The van der Waals surface area contributed by atoms with Crippen molar-refractivity contribution in [3.8, 4) is 0 Å². The van der Waals surface area contributed by atoms with Gasteiger partial charge < -0.3 is 5.73 Å². The summed E-state index contributed by atoms with van der Waals surface area (Å²) in [6.45, 7) is 11.2. The maximum atomic E-state index is 6.08. The molecule has 0 aliphatic heterocycles. The molecule has 3 aliphatic rings. The third-order valence-corrected chi connectivity index (χ3v) is 9.51. The van der Waals surface area contributed by atoms with Gasteiger partial charge in [-0.05, 0) is 134 Å². The molecule has 0 bridgehead atoms. The van der Waals surface area contributed by atoms with Crippen LogP contribution in [0, 0.1) is 23.2 Å². The van der Waals surface area contributed by atoms with Crippen LogP contribution in [0.4, 0.5) is 5.69 Å². The number of hydrogen-bond donors (Lipinski definition) is 1. The molecule has 0 spiro atoms. The number of fused-ring (bicyclic) bond motifs is 5. The molecule has 1 aromatic rings. The van der Waals surface area contributed by atoms with Crippen LogP contribution in [0.5, 0.6) is 0 Å². The van der Waals surface area contributed by atoms with Crippen molar-refractivity contribution in [1.82, 2.24) is 0 Å². The smallest absolute Gasteiger partial charge is 0.0316 e. The van der Waals surface area contributed by atoms with Crippen molar-refractivity contribution in [3.63, 3.8) is 0 Å². The number of thioether (sulfide) groups is 1. The highest BCUT2D eigenvalue weighted by Gasteiger charge is 2.53. The van der Waals surface area contributed by atoms with E-state index in [1.165, 1.54) is 73.2 Å². The summed E-state index contributed by atoms with van der Waals surface area (Å²) in [6, 6.07) is 6.75. The van der Waals surface area contributed by atoms with Crippen molar-refractivity contribution in [2.45, 2.75) is 84.5 Å². The summed E-state index contributed by atoms with van der Waals surface area (Å²) in [5, 5.41) is 0. The van der Waals surface area contributed by atoms with Crippen molar-refractivity contribution in [3.05, 3.63) is 51.8 Å². The molecule has 3 aliphatic carbocycles. The molecule has 0 aromatic heterocycles. The first-order valence-electron chi connectivity index (χ1n) is 11.8. The van der Waals surface area contributed by atoms with E-state index in [2.05, 4.69) is 51.6 Å². The Balaban J connectivity index is 1.44. The molecule has 5 unspecified atom stereocenters. The van der Waals surface area contributed by atoms with Crippen molar-refractivity contribution < 1.29 is 0 Å². The molecule has 0 amide bonds. The van der Waals surface area contributed by atoms with Gasteiger partial charge in [-0.2, -0.15) is 0 Å². The predicted molar refractivity (Wildman–Crippen MR) is 129 cm³/mol. The summed E-state index contributed by atoms with van der Waals surface area (Å²) in [7, 11) is 0. The number of aryl methyl sites for hydroxylation is 1.